The Morgan fingerprint density at radius 3 is 2.71 bits per heavy atom. The highest BCUT2D eigenvalue weighted by atomic mass is 16.7. The number of benzene rings is 1. The SMILES string of the molecule is CCC(NOC1CCCC1)c1ccccc1O. The molecule has 1 aromatic rings. The third kappa shape index (κ3) is 3.20. The number of rotatable bonds is 5. The molecule has 17 heavy (non-hydrogen) atoms. The van der Waals surface area contributed by atoms with Crippen LogP contribution < -0.4 is 5.48 Å². The number of nitrogens with one attached hydrogen (secondary N) is 1. The lowest BCUT2D eigenvalue weighted by atomic mass is 10.0. The zero-order valence-electron chi connectivity index (χ0n) is 10.4. The van der Waals surface area contributed by atoms with Crippen LogP contribution in [0.1, 0.15) is 50.6 Å². The van der Waals surface area contributed by atoms with E-state index in [-0.39, 0.29) is 6.04 Å². The van der Waals surface area contributed by atoms with Crippen molar-refractivity contribution in [1.29, 1.82) is 0 Å². The molecule has 0 aliphatic heterocycles. The molecule has 0 amide bonds. The Balaban J connectivity index is 1.94. The first-order chi connectivity index (χ1) is 8.31. The van der Waals surface area contributed by atoms with Crippen LogP contribution in [0.4, 0.5) is 0 Å². The Hall–Kier alpha value is -1.06. The Bertz CT molecular complexity index is 348. The van der Waals surface area contributed by atoms with E-state index in [1.165, 1.54) is 12.8 Å². The molecule has 94 valence electrons. The van der Waals surface area contributed by atoms with E-state index in [0.717, 1.165) is 24.8 Å². The van der Waals surface area contributed by atoms with Crippen LogP contribution in [0.5, 0.6) is 5.75 Å². The van der Waals surface area contributed by atoms with Gasteiger partial charge in [-0.05, 0) is 25.3 Å². The second-order valence-electron chi connectivity index (χ2n) is 4.66. The van der Waals surface area contributed by atoms with E-state index >= 15 is 0 Å². The standard InChI is InChI=1S/C14H21NO2/c1-2-13(12-9-5-6-10-14(12)16)15-17-11-7-3-4-8-11/h5-6,9-11,13,15-16H,2-4,7-8H2,1H3. The molecule has 0 heterocycles. The largest absolute Gasteiger partial charge is 0.508 e. The maximum atomic E-state index is 9.81. The number of hydrogen-bond acceptors (Lipinski definition) is 3. The molecule has 1 unspecified atom stereocenters. The van der Waals surface area contributed by atoms with Crippen molar-refractivity contribution in [2.75, 3.05) is 0 Å². The molecule has 0 spiro atoms. The maximum absolute atomic E-state index is 9.81. The fourth-order valence-corrected chi connectivity index (χ4v) is 2.33. The van der Waals surface area contributed by atoms with Crippen molar-refractivity contribution in [3.05, 3.63) is 29.8 Å². The number of aromatic hydroxyl groups is 1. The van der Waals surface area contributed by atoms with E-state index in [4.69, 9.17) is 4.84 Å². The van der Waals surface area contributed by atoms with Gasteiger partial charge < -0.3 is 5.11 Å². The highest BCUT2D eigenvalue weighted by Crippen LogP contribution is 2.27. The monoisotopic (exact) mass is 235 g/mol. The summed E-state index contributed by atoms with van der Waals surface area (Å²) in [6.45, 7) is 2.09. The maximum Gasteiger partial charge on any atom is 0.120 e. The van der Waals surface area contributed by atoms with E-state index in [2.05, 4.69) is 12.4 Å². The Morgan fingerprint density at radius 1 is 1.35 bits per heavy atom. The van der Waals surface area contributed by atoms with E-state index in [9.17, 15) is 5.11 Å². The van der Waals surface area contributed by atoms with E-state index in [1.807, 2.05) is 18.2 Å². The zero-order chi connectivity index (χ0) is 12.1. The minimum Gasteiger partial charge on any atom is -0.508 e. The van der Waals surface area contributed by atoms with Gasteiger partial charge in [0.1, 0.15) is 5.75 Å². The first-order valence-corrected chi connectivity index (χ1v) is 6.50. The van der Waals surface area contributed by atoms with Crippen molar-refractivity contribution in [3.63, 3.8) is 0 Å². The van der Waals surface area contributed by atoms with Gasteiger partial charge in [-0.1, -0.05) is 38.0 Å². The van der Waals surface area contributed by atoms with E-state index < -0.39 is 0 Å². The Labute approximate surface area is 103 Å². The van der Waals surface area contributed by atoms with Crippen LogP contribution in [0, 0.1) is 0 Å². The number of hydroxylamine groups is 1. The molecule has 1 aromatic carbocycles. The van der Waals surface area contributed by atoms with Gasteiger partial charge in [-0.25, -0.2) is 0 Å². The predicted octanol–water partition coefficient (Wildman–Crippen LogP) is 3.31. The number of phenols is 1. The molecule has 0 radical (unpaired) electrons. The minimum atomic E-state index is 0.0665. The third-order valence-electron chi connectivity index (χ3n) is 3.40. The topological polar surface area (TPSA) is 41.5 Å². The third-order valence-corrected chi connectivity index (χ3v) is 3.40. The van der Waals surface area contributed by atoms with E-state index in [0.29, 0.717) is 11.9 Å². The molecule has 1 atom stereocenters. The highest BCUT2D eigenvalue weighted by Gasteiger charge is 2.19. The first-order valence-electron chi connectivity index (χ1n) is 6.50. The summed E-state index contributed by atoms with van der Waals surface area (Å²) >= 11 is 0. The van der Waals surface area contributed by atoms with Gasteiger partial charge >= 0.3 is 0 Å². The van der Waals surface area contributed by atoms with Crippen LogP contribution in [-0.2, 0) is 4.84 Å². The van der Waals surface area contributed by atoms with Crippen LogP contribution in [0.2, 0.25) is 0 Å². The number of para-hydroxylation sites is 1. The summed E-state index contributed by atoms with van der Waals surface area (Å²) in [6.07, 6.45) is 6.05. The molecule has 2 N–H and O–H groups in total. The van der Waals surface area contributed by atoms with Gasteiger partial charge in [0, 0.05) is 5.56 Å². The fourth-order valence-electron chi connectivity index (χ4n) is 2.33. The van der Waals surface area contributed by atoms with Crippen molar-refractivity contribution in [3.8, 4) is 5.75 Å². The lowest BCUT2D eigenvalue weighted by Crippen LogP contribution is -2.26. The molecule has 1 fully saturated rings. The van der Waals surface area contributed by atoms with Crippen LogP contribution >= 0.6 is 0 Å². The van der Waals surface area contributed by atoms with Crippen LogP contribution in [-0.4, -0.2) is 11.2 Å². The molecular formula is C14H21NO2. The average molecular weight is 235 g/mol. The molecule has 1 aliphatic rings. The molecular weight excluding hydrogens is 214 g/mol. The van der Waals surface area contributed by atoms with Gasteiger partial charge in [-0.15, -0.1) is 0 Å². The molecule has 0 aromatic heterocycles. The summed E-state index contributed by atoms with van der Waals surface area (Å²) in [5.41, 5.74) is 4.02. The smallest absolute Gasteiger partial charge is 0.120 e. The zero-order valence-corrected chi connectivity index (χ0v) is 10.4. The Morgan fingerprint density at radius 2 is 2.06 bits per heavy atom. The van der Waals surface area contributed by atoms with Crippen molar-refractivity contribution in [2.45, 2.75) is 51.2 Å². The van der Waals surface area contributed by atoms with Gasteiger partial charge in [0.25, 0.3) is 0 Å². The van der Waals surface area contributed by atoms with Gasteiger partial charge in [-0.2, -0.15) is 5.48 Å². The second-order valence-corrected chi connectivity index (χ2v) is 4.66. The molecule has 0 saturated heterocycles. The molecule has 3 heteroatoms. The van der Waals surface area contributed by atoms with Crippen LogP contribution in [0.25, 0.3) is 0 Å². The van der Waals surface area contributed by atoms with Crippen molar-refractivity contribution < 1.29 is 9.94 Å². The van der Waals surface area contributed by atoms with Gasteiger partial charge in [0.05, 0.1) is 12.1 Å². The lowest BCUT2D eigenvalue weighted by molar-refractivity contribution is -0.0418. The van der Waals surface area contributed by atoms with Gasteiger partial charge in [0.2, 0.25) is 0 Å². The van der Waals surface area contributed by atoms with Crippen LogP contribution in [0.15, 0.2) is 24.3 Å². The summed E-state index contributed by atoms with van der Waals surface area (Å²) < 4.78 is 0. The summed E-state index contributed by atoms with van der Waals surface area (Å²) in [6, 6.07) is 7.50. The quantitative estimate of drug-likeness (QED) is 0.769. The summed E-state index contributed by atoms with van der Waals surface area (Å²) in [4.78, 5) is 5.70. The molecule has 1 saturated carbocycles. The van der Waals surface area contributed by atoms with Gasteiger partial charge in [0.15, 0.2) is 0 Å². The Kier molecular flexibility index (Phi) is 4.40. The number of phenolic OH excluding ortho intramolecular Hbond substituents is 1. The average Bonchev–Trinajstić information content (AvgIpc) is 2.85. The predicted molar refractivity (Wildman–Crippen MR) is 67.6 cm³/mol. The van der Waals surface area contributed by atoms with Crippen molar-refractivity contribution in [1.82, 2.24) is 5.48 Å². The van der Waals surface area contributed by atoms with E-state index in [1.54, 1.807) is 6.07 Å². The first kappa shape index (κ1) is 12.4. The molecule has 3 nitrogen and oxygen atoms in total. The summed E-state index contributed by atoms with van der Waals surface area (Å²) in [5.74, 6) is 0.335. The summed E-state index contributed by atoms with van der Waals surface area (Å²) in [7, 11) is 0. The van der Waals surface area contributed by atoms with Crippen molar-refractivity contribution >= 4 is 0 Å². The van der Waals surface area contributed by atoms with Crippen molar-refractivity contribution in [2.24, 2.45) is 0 Å². The van der Waals surface area contributed by atoms with Crippen LogP contribution in [0.3, 0.4) is 0 Å². The molecule has 0 bridgehead atoms. The normalized spacial score (nSPS) is 18.4. The highest BCUT2D eigenvalue weighted by molar-refractivity contribution is 5.34. The minimum absolute atomic E-state index is 0.0665. The second kappa shape index (κ2) is 6.03. The lowest BCUT2D eigenvalue weighted by Gasteiger charge is -2.20. The fraction of sp³-hybridized carbons (Fsp3) is 0.571. The summed E-state index contributed by atoms with van der Waals surface area (Å²) in [5, 5.41) is 9.81. The number of hydrogen-bond donors (Lipinski definition) is 2. The molecule has 2 rings (SSSR count). The van der Waals surface area contributed by atoms with Gasteiger partial charge in [-0.3, -0.25) is 4.84 Å². The molecule has 1 aliphatic carbocycles.